The van der Waals surface area contributed by atoms with E-state index in [1.165, 1.54) is 16.8 Å². The molecule has 3 aromatic rings. The summed E-state index contributed by atoms with van der Waals surface area (Å²) in [6.45, 7) is 6.87. The third-order valence-electron chi connectivity index (χ3n) is 6.76. The van der Waals surface area contributed by atoms with Crippen LogP contribution >= 0.6 is 0 Å². The fraction of sp³-hybridized carbons (Fsp3) is 0.345. The number of benzene rings is 3. The highest BCUT2D eigenvalue weighted by Crippen LogP contribution is 2.31. The van der Waals surface area contributed by atoms with Crippen molar-refractivity contribution in [3.63, 3.8) is 0 Å². The van der Waals surface area contributed by atoms with Gasteiger partial charge in [0.05, 0.1) is 26.9 Å². The highest BCUT2D eigenvalue weighted by molar-refractivity contribution is 5.78. The quantitative estimate of drug-likeness (QED) is 0.523. The molecule has 188 valence electrons. The molecule has 0 bridgehead atoms. The lowest BCUT2D eigenvalue weighted by Crippen LogP contribution is -2.47. The number of anilines is 3. The molecule has 2 aliphatic heterocycles. The first-order valence-electron chi connectivity index (χ1n) is 12.6. The van der Waals surface area contributed by atoms with Crippen molar-refractivity contribution in [3.8, 4) is 5.75 Å². The van der Waals surface area contributed by atoms with E-state index in [-0.39, 0.29) is 5.91 Å². The Morgan fingerprint density at radius 3 is 2.47 bits per heavy atom. The zero-order valence-corrected chi connectivity index (χ0v) is 20.9. The molecule has 2 saturated heterocycles. The van der Waals surface area contributed by atoms with E-state index in [1.807, 2.05) is 12.1 Å². The minimum absolute atomic E-state index is 0.0948. The van der Waals surface area contributed by atoms with Crippen LogP contribution in [-0.4, -0.2) is 63.9 Å². The van der Waals surface area contributed by atoms with Gasteiger partial charge >= 0.3 is 0 Å². The monoisotopic (exact) mass is 486 g/mol. The second-order valence-corrected chi connectivity index (χ2v) is 9.28. The number of nitrogens with zero attached hydrogens (tertiary/aromatic N) is 3. The van der Waals surface area contributed by atoms with Crippen molar-refractivity contribution in [2.45, 2.75) is 13.1 Å². The molecule has 0 unspecified atom stereocenters. The maximum Gasteiger partial charge on any atom is 0.234 e. The number of carbonyl (C=O) groups excluding carboxylic acids is 1. The summed E-state index contributed by atoms with van der Waals surface area (Å²) in [7, 11) is 1.70. The van der Waals surface area contributed by atoms with Crippen LogP contribution < -0.4 is 19.9 Å². The zero-order valence-electron chi connectivity index (χ0n) is 20.9. The van der Waals surface area contributed by atoms with Gasteiger partial charge in [-0.2, -0.15) is 0 Å². The van der Waals surface area contributed by atoms with E-state index < -0.39 is 0 Å². The van der Waals surface area contributed by atoms with E-state index in [9.17, 15) is 4.79 Å². The molecule has 0 saturated carbocycles. The standard InChI is InChI=1S/C29H34N4O3/c1-35-28-7-3-5-24(19-28)21-33(26-10-8-25(9-11-26)32-14-16-36-17-15-32)27-6-2-4-23(18-27)20-31-13-12-30-29(34)22-31/h2-11,18-19H,12-17,20-22H2,1H3,(H,30,34). The first-order valence-corrected chi connectivity index (χ1v) is 12.6. The van der Waals surface area contributed by atoms with Crippen LogP contribution in [0.25, 0.3) is 0 Å². The fourth-order valence-corrected chi connectivity index (χ4v) is 4.86. The van der Waals surface area contributed by atoms with Gasteiger partial charge in [-0.1, -0.05) is 24.3 Å². The molecule has 5 rings (SSSR count). The van der Waals surface area contributed by atoms with Gasteiger partial charge < -0.3 is 24.6 Å². The largest absolute Gasteiger partial charge is 0.497 e. The predicted molar refractivity (Wildman–Crippen MR) is 143 cm³/mol. The smallest absolute Gasteiger partial charge is 0.234 e. The molecule has 1 amide bonds. The van der Waals surface area contributed by atoms with Crippen molar-refractivity contribution < 1.29 is 14.3 Å². The van der Waals surface area contributed by atoms with Gasteiger partial charge in [0.25, 0.3) is 0 Å². The van der Waals surface area contributed by atoms with Gasteiger partial charge in [0.15, 0.2) is 0 Å². The van der Waals surface area contributed by atoms with Crippen LogP contribution in [-0.2, 0) is 22.6 Å². The SMILES string of the molecule is COc1cccc(CN(c2ccc(N3CCOCC3)cc2)c2cccc(CN3CCNC(=O)C3)c2)c1. The minimum atomic E-state index is 0.0948. The Kier molecular flexibility index (Phi) is 7.69. The summed E-state index contributed by atoms with van der Waals surface area (Å²) in [5, 5.41) is 2.90. The second kappa shape index (κ2) is 11.5. The zero-order chi connectivity index (χ0) is 24.7. The van der Waals surface area contributed by atoms with Crippen molar-refractivity contribution in [1.29, 1.82) is 0 Å². The predicted octanol–water partition coefficient (Wildman–Crippen LogP) is 3.80. The molecule has 0 aliphatic carbocycles. The Bertz CT molecular complexity index is 1160. The van der Waals surface area contributed by atoms with Crippen molar-refractivity contribution in [2.24, 2.45) is 0 Å². The summed E-state index contributed by atoms with van der Waals surface area (Å²) < 4.78 is 11.0. The number of hydrogen-bond acceptors (Lipinski definition) is 6. The van der Waals surface area contributed by atoms with Crippen LogP contribution in [0.4, 0.5) is 17.1 Å². The Morgan fingerprint density at radius 1 is 0.917 bits per heavy atom. The lowest BCUT2D eigenvalue weighted by Gasteiger charge is -2.30. The average Bonchev–Trinajstić information content (AvgIpc) is 2.93. The number of ether oxygens (including phenoxy) is 2. The van der Waals surface area contributed by atoms with Gasteiger partial charge in [-0.05, 0) is 59.7 Å². The Labute approximate surface area is 213 Å². The Morgan fingerprint density at radius 2 is 1.69 bits per heavy atom. The molecule has 2 heterocycles. The van der Waals surface area contributed by atoms with Crippen LogP contribution in [0.2, 0.25) is 0 Å². The third-order valence-corrected chi connectivity index (χ3v) is 6.76. The van der Waals surface area contributed by atoms with Crippen LogP contribution in [0.5, 0.6) is 5.75 Å². The van der Waals surface area contributed by atoms with E-state index in [4.69, 9.17) is 9.47 Å². The van der Waals surface area contributed by atoms with E-state index in [1.54, 1.807) is 7.11 Å². The molecule has 0 spiro atoms. The van der Waals surface area contributed by atoms with E-state index in [2.05, 4.69) is 80.7 Å². The first-order chi connectivity index (χ1) is 17.7. The van der Waals surface area contributed by atoms with Gasteiger partial charge in [0.1, 0.15) is 5.75 Å². The Hall–Kier alpha value is -3.55. The van der Waals surface area contributed by atoms with Crippen LogP contribution in [0.1, 0.15) is 11.1 Å². The molecule has 0 atom stereocenters. The van der Waals surface area contributed by atoms with Crippen molar-refractivity contribution in [2.75, 3.05) is 62.8 Å². The number of amides is 1. The van der Waals surface area contributed by atoms with Crippen molar-refractivity contribution in [3.05, 3.63) is 83.9 Å². The third kappa shape index (κ3) is 5.98. The molecule has 7 heteroatoms. The molecule has 0 radical (unpaired) electrons. The number of methoxy groups -OCH3 is 1. The summed E-state index contributed by atoms with van der Waals surface area (Å²) >= 11 is 0. The van der Waals surface area contributed by atoms with Gasteiger partial charge in [0, 0.05) is 56.3 Å². The summed E-state index contributed by atoms with van der Waals surface area (Å²) in [5.74, 6) is 0.949. The lowest BCUT2D eigenvalue weighted by molar-refractivity contribution is -0.124. The molecular weight excluding hydrogens is 452 g/mol. The molecule has 36 heavy (non-hydrogen) atoms. The highest BCUT2D eigenvalue weighted by atomic mass is 16.5. The average molecular weight is 487 g/mol. The summed E-state index contributed by atoms with van der Waals surface area (Å²) in [4.78, 5) is 18.7. The number of morpholine rings is 1. The first kappa shape index (κ1) is 24.2. The summed E-state index contributed by atoms with van der Waals surface area (Å²) in [6, 6.07) is 25.7. The summed E-state index contributed by atoms with van der Waals surface area (Å²) in [6.07, 6.45) is 0. The number of rotatable bonds is 8. The molecule has 1 N–H and O–H groups in total. The van der Waals surface area contributed by atoms with Crippen molar-refractivity contribution >= 4 is 23.0 Å². The molecule has 2 aliphatic rings. The topological polar surface area (TPSA) is 57.3 Å². The minimum Gasteiger partial charge on any atom is -0.497 e. The van der Waals surface area contributed by atoms with Gasteiger partial charge in [-0.3, -0.25) is 9.69 Å². The molecule has 7 nitrogen and oxygen atoms in total. The number of hydrogen-bond donors (Lipinski definition) is 1. The second-order valence-electron chi connectivity index (χ2n) is 9.28. The molecule has 3 aromatic carbocycles. The molecule has 2 fully saturated rings. The molecular formula is C29H34N4O3. The number of piperazine rings is 1. The summed E-state index contributed by atoms with van der Waals surface area (Å²) in [5.41, 5.74) is 5.84. The van der Waals surface area contributed by atoms with Gasteiger partial charge in [0.2, 0.25) is 5.91 Å². The molecule has 0 aromatic heterocycles. The van der Waals surface area contributed by atoms with Crippen LogP contribution in [0.3, 0.4) is 0 Å². The van der Waals surface area contributed by atoms with Crippen LogP contribution in [0, 0.1) is 0 Å². The van der Waals surface area contributed by atoms with Crippen molar-refractivity contribution in [1.82, 2.24) is 10.2 Å². The maximum atomic E-state index is 11.8. The Balaban J connectivity index is 1.42. The number of carbonyl (C=O) groups is 1. The van der Waals surface area contributed by atoms with Crippen LogP contribution in [0.15, 0.2) is 72.8 Å². The normalized spacial score (nSPS) is 16.5. The van der Waals surface area contributed by atoms with Gasteiger partial charge in [-0.15, -0.1) is 0 Å². The lowest BCUT2D eigenvalue weighted by atomic mass is 10.1. The van der Waals surface area contributed by atoms with E-state index in [0.717, 1.165) is 56.5 Å². The number of nitrogens with one attached hydrogen (secondary N) is 1. The highest BCUT2D eigenvalue weighted by Gasteiger charge is 2.18. The van der Waals surface area contributed by atoms with E-state index in [0.29, 0.717) is 19.6 Å². The fourth-order valence-electron chi connectivity index (χ4n) is 4.86. The van der Waals surface area contributed by atoms with Gasteiger partial charge in [-0.25, -0.2) is 0 Å². The maximum absolute atomic E-state index is 11.8. The van der Waals surface area contributed by atoms with E-state index >= 15 is 0 Å².